The van der Waals surface area contributed by atoms with Crippen LogP contribution in [-0.4, -0.2) is 4.57 Å². The van der Waals surface area contributed by atoms with Crippen LogP contribution >= 0.6 is 15.9 Å². The maximum absolute atomic E-state index is 11.9. The average molecular weight is 277 g/mol. The van der Waals surface area contributed by atoms with Gasteiger partial charge in [-0.2, -0.15) is 5.26 Å². The Balaban J connectivity index is 2.90. The number of aryl methyl sites for hydroxylation is 1. The lowest BCUT2D eigenvalue weighted by molar-refractivity contribution is 0.884. The largest absolute Gasteiger partial charge is 0.310 e. The number of nitrogens with zero attached hydrogens (tertiary/aromatic N) is 2. The molecule has 3 nitrogen and oxygen atoms in total. The minimum Gasteiger partial charge on any atom is -0.310 e. The highest BCUT2D eigenvalue weighted by molar-refractivity contribution is 9.10. The van der Waals surface area contributed by atoms with Crippen molar-refractivity contribution in [3.05, 3.63) is 44.7 Å². The highest BCUT2D eigenvalue weighted by Gasteiger charge is 2.08. The molecule has 0 atom stereocenters. The third kappa shape index (κ3) is 1.63. The summed E-state index contributed by atoms with van der Waals surface area (Å²) < 4.78 is 2.46. The Hall–Kier alpha value is -1.60. The molecule has 0 aliphatic carbocycles. The normalized spacial score (nSPS) is 10.3. The molecule has 1 aromatic heterocycles. The molecular formula is C12H9BrN2O. The molecule has 1 aromatic carbocycles. The predicted octanol–water partition coefficient (Wildman–Crippen LogP) is 2.37. The summed E-state index contributed by atoms with van der Waals surface area (Å²) in [4.78, 5) is 11.9. The molecule has 1 heterocycles. The Labute approximate surface area is 101 Å². The lowest BCUT2D eigenvalue weighted by Crippen LogP contribution is -2.21. The number of hydrogen-bond acceptors (Lipinski definition) is 2. The second kappa shape index (κ2) is 4.11. The first-order valence-corrected chi connectivity index (χ1v) is 5.58. The number of hydrogen-bond donors (Lipinski definition) is 0. The average Bonchev–Trinajstić information content (AvgIpc) is 2.25. The molecular weight excluding hydrogens is 268 g/mol. The Morgan fingerprint density at radius 2 is 2.25 bits per heavy atom. The zero-order chi connectivity index (χ0) is 11.7. The molecule has 0 spiro atoms. The Bertz CT molecular complexity index is 652. The van der Waals surface area contributed by atoms with E-state index in [-0.39, 0.29) is 12.0 Å². The molecule has 0 amide bonds. The van der Waals surface area contributed by atoms with E-state index in [1.165, 1.54) is 0 Å². The molecule has 0 saturated heterocycles. The van der Waals surface area contributed by atoms with Gasteiger partial charge in [-0.1, -0.05) is 12.1 Å². The first-order chi connectivity index (χ1) is 7.65. The van der Waals surface area contributed by atoms with E-state index >= 15 is 0 Å². The van der Waals surface area contributed by atoms with Crippen molar-refractivity contribution in [2.24, 2.45) is 7.05 Å². The van der Waals surface area contributed by atoms with Gasteiger partial charge in [-0.15, -0.1) is 0 Å². The first-order valence-electron chi connectivity index (χ1n) is 4.79. The van der Waals surface area contributed by atoms with E-state index < -0.39 is 0 Å². The smallest absolute Gasteiger partial charge is 0.255 e. The van der Waals surface area contributed by atoms with Crippen molar-refractivity contribution in [2.75, 3.05) is 0 Å². The molecule has 0 fully saturated rings. The molecule has 16 heavy (non-hydrogen) atoms. The molecule has 0 aliphatic heterocycles. The predicted molar refractivity (Wildman–Crippen MR) is 66.2 cm³/mol. The fourth-order valence-corrected chi connectivity index (χ4v) is 2.43. The van der Waals surface area contributed by atoms with Crippen LogP contribution in [0.2, 0.25) is 0 Å². The molecule has 2 rings (SSSR count). The summed E-state index contributed by atoms with van der Waals surface area (Å²) in [5.41, 5.74) is 1.28. The number of fused-ring (bicyclic) bond motifs is 1. The van der Waals surface area contributed by atoms with Crippen LogP contribution in [0, 0.1) is 11.3 Å². The molecule has 0 bridgehead atoms. The second-order valence-corrected chi connectivity index (χ2v) is 4.40. The van der Waals surface area contributed by atoms with E-state index in [2.05, 4.69) is 15.9 Å². The molecule has 0 aliphatic rings. The zero-order valence-corrected chi connectivity index (χ0v) is 10.3. The van der Waals surface area contributed by atoms with E-state index in [9.17, 15) is 4.79 Å². The number of benzene rings is 1. The van der Waals surface area contributed by atoms with Crippen LogP contribution in [0.4, 0.5) is 0 Å². The zero-order valence-electron chi connectivity index (χ0n) is 8.70. The summed E-state index contributed by atoms with van der Waals surface area (Å²) in [7, 11) is 1.72. The van der Waals surface area contributed by atoms with Gasteiger partial charge in [0.2, 0.25) is 0 Å². The van der Waals surface area contributed by atoms with Crippen molar-refractivity contribution in [3.8, 4) is 6.07 Å². The van der Waals surface area contributed by atoms with Gasteiger partial charge in [-0.25, -0.2) is 0 Å². The molecule has 4 heteroatoms. The number of nitriles is 1. The minimum absolute atomic E-state index is 0.110. The Morgan fingerprint density at radius 1 is 1.50 bits per heavy atom. The van der Waals surface area contributed by atoms with Crippen LogP contribution in [0.25, 0.3) is 10.9 Å². The van der Waals surface area contributed by atoms with Crippen molar-refractivity contribution in [1.82, 2.24) is 4.57 Å². The third-order valence-electron chi connectivity index (χ3n) is 2.53. The maximum atomic E-state index is 11.9. The lowest BCUT2D eigenvalue weighted by atomic mass is 10.1. The van der Waals surface area contributed by atoms with Crippen molar-refractivity contribution < 1.29 is 0 Å². The first kappa shape index (κ1) is 10.9. The van der Waals surface area contributed by atoms with Gasteiger partial charge in [-0.3, -0.25) is 4.79 Å². The number of para-hydroxylation sites is 1. The number of pyridine rings is 1. The monoisotopic (exact) mass is 276 g/mol. The van der Waals surface area contributed by atoms with E-state index in [0.717, 1.165) is 15.4 Å². The van der Waals surface area contributed by atoms with Gasteiger partial charge in [0.15, 0.2) is 0 Å². The molecule has 0 N–H and O–H groups in total. The molecule has 0 radical (unpaired) electrons. The number of aromatic nitrogens is 1. The molecule has 0 saturated carbocycles. The summed E-state index contributed by atoms with van der Waals surface area (Å²) in [5, 5.41) is 9.61. The molecule has 2 aromatic rings. The molecule has 80 valence electrons. The highest BCUT2D eigenvalue weighted by Crippen LogP contribution is 2.22. The van der Waals surface area contributed by atoms with Crippen LogP contribution in [-0.2, 0) is 13.5 Å². The van der Waals surface area contributed by atoms with Crippen LogP contribution in [0.15, 0.2) is 33.5 Å². The Kier molecular flexibility index (Phi) is 2.80. The quantitative estimate of drug-likeness (QED) is 0.803. The molecule has 0 unspecified atom stereocenters. The summed E-state index contributed by atoms with van der Waals surface area (Å²) in [6, 6.07) is 9.52. The van der Waals surface area contributed by atoms with Crippen molar-refractivity contribution in [2.45, 2.75) is 6.42 Å². The van der Waals surface area contributed by atoms with E-state index in [1.54, 1.807) is 17.7 Å². The highest BCUT2D eigenvalue weighted by atomic mass is 79.9. The topological polar surface area (TPSA) is 45.8 Å². The third-order valence-corrected chi connectivity index (χ3v) is 3.17. The van der Waals surface area contributed by atoms with Crippen molar-refractivity contribution in [3.63, 3.8) is 0 Å². The van der Waals surface area contributed by atoms with Gasteiger partial charge in [0.25, 0.3) is 5.56 Å². The van der Waals surface area contributed by atoms with Crippen LogP contribution < -0.4 is 5.56 Å². The summed E-state index contributed by atoms with van der Waals surface area (Å²) in [6.45, 7) is 0. The van der Waals surface area contributed by atoms with Gasteiger partial charge in [0.1, 0.15) is 0 Å². The maximum Gasteiger partial charge on any atom is 0.255 e. The van der Waals surface area contributed by atoms with Crippen molar-refractivity contribution in [1.29, 1.82) is 5.26 Å². The summed E-state index contributed by atoms with van der Waals surface area (Å²) in [5.74, 6) is 0. The van der Waals surface area contributed by atoms with E-state index in [1.807, 2.05) is 24.3 Å². The van der Waals surface area contributed by atoms with Gasteiger partial charge < -0.3 is 4.57 Å². The van der Waals surface area contributed by atoms with Crippen LogP contribution in [0.3, 0.4) is 0 Å². The fourth-order valence-electron chi connectivity index (χ4n) is 1.78. The van der Waals surface area contributed by atoms with Gasteiger partial charge >= 0.3 is 0 Å². The number of rotatable bonds is 1. The standard InChI is InChI=1S/C12H9BrN2O/c1-15-11-8(3-2-4-10(11)13)7-9(5-6-14)12(15)16/h2-4,7H,5H2,1H3. The minimum atomic E-state index is -0.110. The summed E-state index contributed by atoms with van der Waals surface area (Å²) >= 11 is 3.42. The SMILES string of the molecule is Cn1c(=O)c(CC#N)cc2cccc(Br)c21. The fraction of sp³-hybridized carbons (Fsp3) is 0.167. The van der Waals surface area contributed by atoms with Crippen LogP contribution in [0.1, 0.15) is 5.56 Å². The lowest BCUT2D eigenvalue weighted by Gasteiger charge is -2.08. The summed E-state index contributed by atoms with van der Waals surface area (Å²) in [6.07, 6.45) is 0.148. The van der Waals surface area contributed by atoms with Crippen molar-refractivity contribution >= 4 is 26.8 Å². The van der Waals surface area contributed by atoms with E-state index in [4.69, 9.17) is 5.26 Å². The van der Waals surface area contributed by atoms with Crippen LogP contribution in [0.5, 0.6) is 0 Å². The second-order valence-electron chi connectivity index (χ2n) is 3.55. The number of halogens is 1. The van der Waals surface area contributed by atoms with Gasteiger partial charge in [0.05, 0.1) is 18.0 Å². The van der Waals surface area contributed by atoms with Gasteiger partial charge in [-0.05, 0) is 33.4 Å². The van der Waals surface area contributed by atoms with E-state index in [0.29, 0.717) is 5.56 Å². The Morgan fingerprint density at radius 3 is 2.94 bits per heavy atom. The van der Waals surface area contributed by atoms with Gasteiger partial charge in [0, 0.05) is 17.1 Å².